The minimum Gasteiger partial charge on any atom is -0.457 e. The van der Waals surface area contributed by atoms with Crippen molar-refractivity contribution >= 4 is 35.2 Å². The molecule has 26 heavy (non-hydrogen) atoms. The largest absolute Gasteiger partial charge is 0.457 e. The van der Waals surface area contributed by atoms with Gasteiger partial charge in [0, 0.05) is 23.5 Å². The van der Waals surface area contributed by atoms with Crippen molar-refractivity contribution < 1.29 is 14.3 Å². The molecule has 1 aliphatic rings. The fraction of sp³-hybridized carbons (Fsp3) is 0.300. The summed E-state index contributed by atoms with van der Waals surface area (Å²) in [6.45, 7) is 1.79. The van der Waals surface area contributed by atoms with E-state index in [1.807, 2.05) is 29.4 Å². The van der Waals surface area contributed by atoms with Crippen molar-refractivity contribution in [3.05, 3.63) is 64.2 Å². The molecular formula is C20H20ClNO3S. The highest BCUT2D eigenvalue weighted by atomic mass is 35.5. The van der Waals surface area contributed by atoms with Crippen LogP contribution in [0.4, 0.5) is 0 Å². The average molecular weight is 390 g/mol. The number of hydrogen-bond donors (Lipinski definition) is 0. The first-order valence-electron chi connectivity index (χ1n) is 8.47. The number of carbonyl (C=O) groups excluding carboxylic acids is 2. The molecule has 3 rings (SSSR count). The van der Waals surface area contributed by atoms with Crippen molar-refractivity contribution in [3.63, 3.8) is 0 Å². The van der Waals surface area contributed by atoms with E-state index in [1.165, 1.54) is 11.8 Å². The van der Waals surface area contributed by atoms with E-state index in [1.54, 1.807) is 24.3 Å². The maximum atomic E-state index is 12.3. The van der Waals surface area contributed by atoms with Gasteiger partial charge in [0.2, 0.25) is 0 Å². The second-order valence-corrected chi connectivity index (χ2v) is 7.40. The lowest BCUT2D eigenvalue weighted by Crippen LogP contribution is -2.27. The van der Waals surface area contributed by atoms with E-state index in [0.29, 0.717) is 16.1 Å². The third kappa shape index (κ3) is 4.40. The van der Waals surface area contributed by atoms with Gasteiger partial charge in [0.15, 0.2) is 0 Å². The smallest absolute Gasteiger partial charge is 0.340 e. The van der Waals surface area contributed by atoms with E-state index in [9.17, 15) is 9.59 Å². The third-order valence-corrected chi connectivity index (χ3v) is 5.41. The molecule has 0 atom stereocenters. The Balaban J connectivity index is 1.61. The first kappa shape index (κ1) is 18.8. The molecule has 0 unspecified atom stereocenters. The van der Waals surface area contributed by atoms with Crippen LogP contribution in [0.1, 0.15) is 39.1 Å². The van der Waals surface area contributed by atoms with Crippen LogP contribution < -0.4 is 0 Å². The van der Waals surface area contributed by atoms with Gasteiger partial charge in [0.1, 0.15) is 6.61 Å². The Kier molecular flexibility index (Phi) is 6.22. The minimum atomic E-state index is -0.455. The number of nitrogens with zero attached hydrogens (tertiary/aromatic N) is 1. The Labute approximate surface area is 162 Å². The maximum absolute atomic E-state index is 12.3. The van der Waals surface area contributed by atoms with Gasteiger partial charge in [-0.15, -0.1) is 11.8 Å². The Morgan fingerprint density at radius 2 is 1.81 bits per heavy atom. The van der Waals surface area contributed by atoms with Crippen LogP contribution >= 0.6 is 23.4 Å². The van der Waals surface area contributed by atoms with Gasteiger partial charge in [-0.05, 0) is 55.0 Å². The highest BCUT2D eigenvalue weighted by Gasteiger charge is 2.19. The molecule has 4 nitrogen and oxygen atoms in total. The van der Waals surface area contributed by atoms with Gasteiger partial charge in [-0.25, -0.2) is 4.79 Å². The molecule has 1 aliphatic heterocycles. The zero-order chi connectivity index (χ0) is 18.5. The van der Waals surface area contributed by atoms with E-state index in [-0.39, 0.29) is 12.5 Å². The Bertz CT molecular complexity index is 801. The van der Waals surface area contributed by atoms with Gasteiger partial charge in [0.05, 0.1) is 10.6 Å². The summed E-state index contributed by atoms with van der Waals surface area (Å²) in [4.78, 5) is 27.4. The fourth-order valence-corrected chi connectivity index (χ4v) is 3.50. The predicted octanol–water partition coefficient (Wildman–Crippen LogP) is 4.65. The number of rotatable bonds is 5. The van der Waals surface area contributed by atoms with Crippen LogP contribution in [0, 0.1) is 0 Å². The topological polar surface area (TPSA) is 46.6 Å². The molecule has 2 aromatic carbocycles. The molecule has 0 saturated carbocycles. The quantitative estimate of drug-likeness (QED) is 0.551. The molecule has 1 saturated heterocycles. The first-order chi connectivity index (χ1) is 12.6. The van der Waals surface area contributed by atoms with Crippen LogP contribution in [0.3, 0.4) is 0 Å². The second kappa shape index (κ2) is 8.60. The molecule has 0 aromatic heterocycles. The zero-order valence-electron chi connectivity index (χ0n) is 14.5. The van der Waals surface area contributed by atoms with Crippen molar-refractivity contribution in [3.8, 4) is 0 Å². The predicted molar refractivity (Wildman–Crippen MR) is 104 cm³/mol. The number of benzene rings is 2. The van der Waals surface area contributed by atoms with E-state index in [0.717, 1.165) is 36.4 Å². The van der Waals surface area contributed by atoms with Gasteiger partial charge < -0.3 is 9.64 Å². The summed E-state index contributed by atoms with van der Waals surface area (Å²) in [5, 5.41) is 0.374. The highest BCUT2D eigenvalue weighted by Crippen LogP contribution is 2.24. The molecular weight excluding hydrogens is 370 g/mol. The van der Waals surface area contributed by atoms with Crippen molar-refractivity contribution in [2.45, 2.75) is 24.3 Å². The van der Waals surface area contributed by atoms with Gasteiger partial charge in [0.25, 0.3) is 5.91 Å². The van der Waals surface area contributed by atoms with Crippen LogP contribution in [-0.4, -0.2) is 36.1 Å². The van der Waals surface area contributed by atoms with Crippen LogP contribution in [-0.2, 0) is 11.3 Å². The van der Waals surface area contributed by atoms with Crippen molar-refractivity contribution in [1.82, 2.24) is 4.90 Å². The Hall–Kier alpha value is -1.98. The van der Waals surface area contributed by atoms with Gasteiger partial charge in [-0.1, -0.05) is 23.7 Å². The molecule has 1 amide bonds. The SMILES string of the molecule is CSc1ccc(Cl)c(C(=O)OCc2ccc(C(=O)N3CCCC3)cc2)c1. The summed E-state index contributed by atoms with van der Waals surface area (Å²) in [7, 11) is 0. The lowest BCUT2D eigenvalue weighted by atomic mass is 10.1. The van der Waals surface area contributed by atoms with Crippen molar-refractivity contribution in [2.75, 3.05) is 19.3 Å². The number of amides is 1. The molecule has 0 N–H and O–H groups in total. The van der Waals surface area contributed by atoms with Gasteiger partial charge in [-0.3, -0.25) is 4.79 Å². The number of esters is 1. The van der Waals surface area contributed by atoms with Crippen LogP contribution in [0.25, 0.3) is 0 Å². The second-order valence-electron chi connectivity index (χ2n) is 6.12. The van der Waals surface area contributed by atoms with E-state index < -0.39 is 5.97 Å². The number of halogens is 1. The van der Waals surface area contributed by atoms with Crippen molar-refractivity contribution in [2.24, 2.45) is 0 Å². The standard InChI is InChI=1S/C20H20ClNO3S/c1-26-16-8-9-18(21)17(12-16)20(24)25-13-14-4-6-15(7-5-14)19(23)22-10-2-3-11-22/h4-9,12H,2-3,10-11,13H2,1H3. The number of thioether (sulfide) groups is 1. The zero-order valence-corrected chi connectivity index (χ0v) is 16.1. The molecule has 136 valence electrons. The lowest BCUT2D eigenvalue weighted by Gasteiger charge is -2.15. The van der Waals surface area contributed by atoms with E-state index in [4.69, 9.17) is 16.3 Å². The molecule has 6 heteroatoms. The number of likely N-dealkylation sites (tertiary alicyclic amines) is 1. The normalized spacial score (nSPS) is 13.7. The summed E-state index contributed by atoms with van der Waals surface area (Å²) < 4.78 is 5.37. The summed E-state index contributed by atoms with van der Waals surface area (Å²) in [5.74, 6) is -0.394. The fourth-order valence-electron chi connectivity index (χ4n) is 2.86. The summed E-state index contributed by atoms with van der Waals surface area (Å²) in [6, 6.07) is 12.5. The maximum Gasteiger partial charge on any atom is 0.340 e. The number of ether oxygens (including phenoxy) is 1. The summed E-state index contributed by atoms with van der Waals surface area (Å²) in [6.07, 6.45) is 4.07. The average Bonchev–Trinajstić information content (AvgIpc) is 3.21. The Morgan fingerprint density at radius 1 is 1.12 bits per heavy atom. The van der Waals surface area contributed by atoms with Crippen LogP contribution in [0.5, 0.6) is 0 Å². The molecule has 0 radical (unpaired) electrons. The van der Waals surface area contributed by atoms with Gasteiger partial charge >= 0.3 is 5.97 Å². The molecule has 1 fully saturated rings. The number of hydrogen-bond acceptors (Lipinski definition) is 4. The molecule has 0 spiro atoms. The number of carbonyl (C=O) groups is 2. The highest BCUT2D eigenvalue weighted by molar-refractivity contribution is 7.98. The Morgan fingerprint density at radius 3 is 2.46 bits per heavy atom. The first-order valence-corrected chi connectivity index (χ1v) is 10.1. The van der Waals surface area contributed by atoms with Crippen molar-refractivity contribution in [1.29, 1.82) is 0 Å². The molecule has 0 bridgehead atoms. The van der Waals surface area contributed by atoms with Crippen LogP contribution in [0.15, 0.2) is 47.4 Å². The van der Waals surface area contributed by atoms with E-state index in [2.05, 4.69) is 0 Å². The summed E-state index contributed by atoms with van der Waals surface area (Å²) in [5.41, 5.74) is 1.85. The van der Waals surface area contributed by atoms with Crippen LogP contribution in [0.2, 0.25) is 5.02 Å². The molecule has 1 heterocycles. The summed E-state index contributed by atoms with van der Waals surface area (Å²) >= 11 is 7.63. The third-order valence-electron chi connectivity index (χ3n) is 4.36. The molecule has 0 aliphatic carbocycles. The minimum absolute atomic E-state index is 0.0618. The molecule has 2 aromatic rings. The van der Waals surface area contributed by atoms with E-state index >= 15 is 0 Å². The monoisotopic (exact) mass is 389 g/mol. The lowest BCUT2D eigenvalue weighted by molar-refractivity contribution is 0.0472. The van der Waals surface area contributed by atoms with Gasteiger partial charge in [-0.2, -0.15) is 0 Å².